The molecule has 0 spiro atoms. The molecule has 1 heterocycles. The van der Waals surface area contributed by atoms with E-state index in [1.54, 1.807) is 4.90 Å². The Kier molecular flexibility index (Phi) is 7.71. The fraction of sp³-hybridized carbons (Fsp3) is 0.857. The number of likely N-dealkylation sites (tertiary alicyclic amines) is 1. The highest BCUT2D eigenvalue weighted by Gasteiger charge is 2.54. The van der Waals surface area contributed by atoms with E-state index in [9.17, 15) is 27.9 Å². The van der Waals surface area contributed by atoms with Crippen molar-refractivity contribution in [1.82, 2.24) is 10.2 Å². The zero-order valence-electron chi connectivity index (χ0n) is 21.2. The number of aliphatic hydroxyl groups excluding tert-OH is 1. The van der Waals surface area contributed by atoms with Gasteiger partial charge in [-0.15, -0.1) is 0 Å². The van der Waals surface area contributed by atoms with Gasteiger partial charge >= 0.3 is 6.18 Å². The summed E-state index contributed by atoms with van der Waals surface area (Å²) >= 11 is 0. The minimum Gasteiger partial charge on any atom is -0.396 e. The molecule has 4 atom stereocenters. The van der Waals surface area contributed by atoms with Gasteiger partial charge in [0.1, 0.15) is 0 Å². The molecule has 36 heavy (non-hydrogen) atoms. The SMILES string of the molecule is O=C(NC1CC1)[C@@H]1C2CCCCC2C(=O)N(CC2=C(C(F)(F)F)CCCC2)[C@H]1C1CCC(CO)CC1. The molecular formula is C28H41F3N2O3. The van der Waals surface area contributed by atoms with Crippen molar-refractivity contribution in [2.75, 3.05) is 13.2 Å². The molecule has 0 bridgehead atoms. The number of hydrogen-bond donors (Lipinski definition) is 2. The number of aliphatic hydroxyl groups is 1. The van der Waals surface area contributed by atoms with Crippen LogP contribution in [-0.4, -0.2) is 53.2 Å². The maximum atomic E-state index is 14.0. The molecule has 8 heteroatoms. The van der Waals surface area contributed by atoms with Gasteiger partial charge in [-0.1, -0.05) is 12.8 Å². The Morgan fingerprint density at radius 3 is 2.31 bits per heavy atom. The van der Waals surface area contributed by atoms with Crippen molar-refractivity contribution in [3.63, 3.8) is 0 Å². The third kappa shape index (κ3) is 5.34. The third-order valence-electron chi connectivity index (χ3n) is 9.75. The van der Waals surface area contributed by atoms with E-state index in [-0.39, 0.29) is 73.1 Å². The number of allylic oxidation sites excluding steroid dienone is 1. The molecule has 0 aromatic heterocycles. The molecule has 0 radical (unpaired) electrons. The van der Waals surface area contributed by atoms with Gasteiger partial charge in [-0.25, -0.2) is 0 Å². The number of piperidine rings is 1. The predicted octanol–water partition coefficient (Wildman–Crippen LogP) is 5.13. The predicted molar refractivity (Wildman–Crippen MR) is 130 cm³/mol. The van der Waals surface area contributed by atoms with E-state index in [1.807, 2.05) is 0 Å². The second kappa shape index (κ2) is 10.7. The Morgan fingerprint density at radius 1 is 0.944 bits per heavy atom. The van der Waals surface area contributed by atoms with Gasteiger partial charge in [0.05, 0.1) is 5.92 Å². The van der Waals surface area contributed by atoms with Gasteiger partial charge in [-0.2, -0.15) is 13.2 Å². The van der Waals surface area contributed by atoms with Crippen LogP contribution in [-0.2, 0) is 9.59 Å². The minimum atomic E-state index is -4.38. The molecule has 0 aromatic carbocycles. The molecule has 2 amide bonds. The van der Waals surface area contributed by atoms with Crippen LogP contribution in [0, 0.1) is 29.6 Å². The molecule has 1 aliphatic heterocycles. The van der Waals surface area contributed by atoms with Crippen LogP contribution in [0.1, 0.15) is 89.9 Å². The molecular weight excluding hydrogens is 469 g/mol. The number of fused-ring (bicyclic) bond motifs is 1. The Balaban J connectivity index is 1.52. The lowest BCUT2D eigenvalue weighted by atomic mass is 9.61. The number of alkyl halides is 3. The monoisotopic (exact) mass is 510 g/mol. The van der Waals surface area contributed by atoms with Crippen LogP contribution < -0.4 is 5.32 Å². The largest absolute Gasteiger partial charge is 0.412 e. The topological polar surface area (TPSA) is 69.6 Å². The maximum absolute atomic E-state index is 14.0. The number of carbonyl (C=O) groups is 2. The summed E-state index contributed by atoms with van der Waals surface area (Å²) < 4.78 is 41.9. The summed E-state index contributed by atoms with van der Waals surface area (Å²) in [5.41, 5.74) is -0.0965. The highest BCUT2D eigenvalue weighted by atomic mass is 19.4. The van der Waals surface area contributed by atoms with Crippen LogP contribution in [0.3, 0.4) is 0 Å². The molecule has 2 unspecified atom stereocenters. The minimum absolute atomic E-state index is 0.00863. The summed E-state index contributed by atoms with van der Waals surface area (Å²) in [6, 6.07) is -0.159. The van der Waals surface area contributed by atoms with Crippen molar-refractivity contribution in [2.24, 2.45) is 29.6 Å². The average molecular weight is 511 g/mol. The first-order chi connectivity index (χ1) is 17.3. The van der Waals surface area contributed by atoms with Gasteiger partial charge in [0.15, 0.2) is 0 Å². The average Bonchev–Trinajstić information content (AvgIpc) is 3.69. The van der Waals surface area contributed by atoms with Crippen LogP contribution in [0.25, 0.3) is 0 Å². The fourth-order valence-corrected chi connectivity index (χ4v) is 7.71. The molecule has 5 rings (SSSR count). The summed E-state index contributed by atoms with van der Waals surface area (Å²) in [5.74, 6) is -0.357. The first kappa shape index (κ1) is 26.1. The number of nitrogens with zero attached hydrogens (tertiary/aromatic N) is 1. The highest BCUT2D eigenvalue weighted by Crippen LogP contribution is 2.49. The maximum Gasteiger partial charge on any atom is 0.412 e. The fourth-order valence-electron chi connectivity index (χ4n) is 7.71. The van der Waals surface area contributed by atoms with Gasteiger partial charge in [0.25, 0.3) is 0 Å². The van der Waals surface area contributed by atoms with Crippen LogP contribution in [0.2, 0.25) is 0 Å². The van der Waals surface area contributed by atoms with Crippen molar-refractivity contribution in [3.8, 4) is 0 Å². The van der Waals surface area contributed by atoms with Crippen molar-refractivity contribution in [1.29, 1.82) is 0 Å². The van der Waals surface area contributed by atoms with Crippen LogP contribution in [0.15, 0.2) is 11.1 Å². The lowest BCUT2D eigenvalue weighted by Crippen LogP contribution is -2.64. The summed E-state index contributed by atoms with van der Waals surface area (Å²) in [6.45, 7) is 0.146. The summed E-state index contributed by atoms with van der Waals surface area (Å²) in [7, 11) is 0. The highest BCUT2D eigenvalue weighted by molar-refractivity contribution is 5.87. The number of halogens is 3. The molecule has 3 saturated carbocycles. The van der Waals surface area contributed by atoms with Gasteiger partial charge in [0.2, 0.25) is 11.8 Å². The van der Waals surface area contributed by atoms with Crippen LogP contribution in [0.5, 0.6) is 0 Å². The third-order valence-corrected chi connectivity index (χ3v) is 9.75. The molecule has 1 saturated heterocycles. The van der Waals surface area contributed by atoms with Crippen molar-refractivity contribution >= 4 is 11.8 Å². The van der Waals surface area contributed by atoms with E-state index in [0.717, 1.165) is 64.2 Å². The van der Waals surface area contributed by atoms with E-state index in [0.29, 0.717) is 24.8 Å². The lowest BCUT2D eigenvalue weighted by Gasteiger charge is -2.53. The summed E-state index contributed by atoms with van der Waals surface area (Å²) in [6.07, 6.45) is 5.96. The number of carbonyl (C=O) groups excluding carboxylic acids is 2. The van der Waals surface area contributed by atoms with E-state index >= 15 is 0 Å². The van der Waals surface area contributed by atoms with Gasteiger partial charge in [-0.3, -0.25) is 9.59 Å². The second-order valence-electron chi connectivity index (χ2n) is 12.1. The molecule has 4 fully saturated rings. The zero-order chi connectivity index (χ0) is 25.4. The molecule has 0 aromatic rings. The molecule has 202 valence electrons. The Morgan fingerprint density at radius 2 is 1.64 bits per heavy atom. The van der Waals surface area contributed by atoms with Gasteiger partial charge in [-0.05, 0) is 100 Å². The number of rotatable bonds is 6. The normalized spacial score (nSPS) is 36.0. The first-order valence-corrected chi connectivity index (χ1v) is 14.3. The van der Waals surface area contributed by atoms with E-state index in [1.165, 1.54) is 0 Å². The van der Waals surface area contributed by atoms with Crippen LogP contribution >= 0.6 is 0 Å². The Labute approximate surface area is 212 Å². The van der Waals surface area contributed by atoms with E-state index < -0.39 is 11.7 Å². The Hall–Kier alpha value is -1.57. The number of hydrogen-bond acceptors (Lipinski definition) is 3. The Bertz CT molecular complexity index is 861. The number of nitrogens with one attached hydrogen (secondary N) is 1. The lowest BCUT2D eigenvalue weighted by molar-refractivity contribution is -0.160. The van der Waals surface area contributed by atoms with E-state index in [2.05, 4.69) is 5.32 Å². The summed E-state index contributed by atoms with van der Waals surface area (Å²) in [5, 5.41) is 12.9. The molecule has 5 aliphatic rings. The van der Waals surface area contributed by atoms with Gasteiger partial charge in [0, 0.05) is 36.7 Å². The van der Waals surface area contributed by atoms with Crippen LogP contribution in [0.4, 0.5) is 13.2 Å². The quantitative estimate of drug-likeness (QED) is 0.487. The molecule has 5 nitrogen and oxygen atoms in total. The molecule has 2 N–H and O–H groups in total. The van der Waals surface area contributed by atoms with E-state index in [4.69, 9.17) is 0 Å². The zero-order valence-corrected chi connectivity index (χ0v) is 21.2. The van der Waals surface area contributed by atoms with Crippen molar-refractivity contribution < 1.29 is 27.9 Å². The summed E-state index contributed by atoms with van der Waals surface area (Å²) in [4.78, 5) is 29.5. The second-order valence-corrected chi connectivity index (χ2v) is 12.1. The molecule has 4 aliphatic carbocycles. The first-order valence-electron chi connectivity index (χ1n) is 14.3. The standard InChI is InChI=1S/C28H41F3N2O3/c29-28(30,31)23-8-4-1-5-19(23)15-33-25(18-11-9-17(16-34)10-12-18)24(26(35)32-20-13-14-20)21-6-2-3-7-22(21)27(33)36/h17-18,20-22,24-25,34H,1-16H2,(H,32,35)/t17?,18?,21?,22?,24-,25+/m1/s1. The van der Waals surface area contributed by atoms with Crippen molar-refractivity contribution in [2.45, 2.75) is 108 Å². The van der Waals surface area contributed by atoms with Crippen molar-refractivity contribution in [3.05, 3.63) is 11.1 Å². The van der Waals surface area contributed by atoms with Gasteiger partial charge < -0.3 is 15.3 Å². The number of amides is 2. The smallest absolute Gasteiger partial charge is 0.396 e.